The van der Waals surface area contributed by atoms with Crippen LogP contribution in [0.1, 0.15) is 29.2 Å². The Kier molecular flexibility index (Phi) is 5.38. The zero-order chi connectivity index (χ0) is 17.8. The van der Waals surface area contributed by atoms with Crippen molar-refractivity contribution in [3.8, 4) is 11.4 Å². The van der Waals surface area contributed by atoms with Crippen LogP contribution in [0.5, 0.6) is 0 Å². The Morgan fingerprint density at radius 1 is 1.27 bits per heavy atom. The van der Waals surface area contributed by atoms with Gasteiger partial charge in [0.1, 0.15) is 0 Å². The topological polar surface area (TPSA) is 58.3 Å². The van der Waals surface area contributed by atoms with Crippen molar-refractivity contribution in [3.05, 3.63) is 52.3 Å². The molecule has 0 atom stereocenters. The van der Waals surface area contributed by atoms with E-state index in [1.807, 2.05) is 23.5 Å². The molecule has 0 spiro atoms. The number of rotatable bonds is 7. The minimum absolute atomic E-state index is 0.588. The van der Waals surface area contributed by atoms with Crippen LogP contribution < -0.4 is 0 Å². The summed E-state index contributed by atoms with van der Waals surface area (Å²) in [5.41, 5.74) is 2.30. The summed E-state index contributed by atoms with van der Waals surface area (Å²) in [6.45, 7) is 5.07. The highest BCUT2D eigenvalue weighted by molar-refractivity contribution is 7.10. The van der Waals surface area contributed by atoms with Crippen LogP contribution in [0.4, 0.5) is 0 Å². The molecule has 0 unspecified atom stereocenters. The fraction of sp³-hybridized carbons (Fsp3) is 0.421. The molecule has 0 aromatic carbocycles. The van der Waals surface area contributed by atoms with Gasteiger partial charge in [0.25, 0.3) is 0 Å². The lowest BCUT2D eigenvalue weighted by atomic mass is 10.3. The van der Waals surface area contributed by atoms with E-state index in [0.29, 0.717) is 18.3 Å². The van der Waals surface area contributed by atoms with Crippen LogP contribution in [0.2, 0.25) is 0 Å². The molecule has 7 heteroatoms. The standard InChI is InChI=1S/C19H23N5OS/c1-23(12-17-9-15(14-26-17)11-24-7-2-3-8-24)13-18-21-19(22-25-18)16-5-4-6-20-10-16/h4-6,9-10,14H,2-3,7-8,11-13H2,1H3. The molecule has 4 heterocycles. The minimum Gasteiger partial charge on any atom is -0.338 e. The van der Waals surface area contributed by atoms with Crippen molar-refractivity contribution in [2.24, 2.45) is 0 Å². The lowest BCUT2D eigenvalue weighted by molar-refractivity contribution is 0.262. The first-order valence-electron chi connectivity index (χ1n) is 8.96. The van der Waals surface area contributed by atoms with Crippen molar-refractivity contribution >= 4 is 11.3 Å². The van der Waals surface area contributed by atoms with E-state index >= 15 is 0 Å². The second kappa shape index (κ2) is 8.07. The van der Waals surface area contributed by atoms with Crippen molar-refractivity contribution in [1.29, 1.82) is 0 Å². The molecule has 3 aromatic heterocycles. The maximum Gasteiger partial charge on any atom is 0.241 e. The second-order valence-electron chi connectivity index (χ2n) is 6.83. The maximum atomic E-state index is 5.39. The first-order chi connectivity index (χ1) is 12.8. The predicted octanol–water partition coefficient (Wildman–Crippen LogP) is 3.42. The van der Waals surface area contributed by atoms with Gasteiger partial charge >= 0.3 is 0 Å². The molecular weight excluding hydrogens is 346 g/mol. The Bertz CT molecular complexity index is 825. The highest BCUT2D eigenvalue weighted by atomic mass is 32.1. The zero-order valence-electron chi connectivity index (χ0n) is 15.0. The van der Waals surface area contributed by atoms with E-state index in [1.165, 1.54) is 36.4 Å². The zero-order valence-corrected chi connectivity index (χ0v) is 15.8. The molecule has 0 aliphatic carbocycles. The third-order valence-corrected chi connectivity index (χ3v) is 5.50. The summed E-state index contributed by atoms with van der Waals surface area (Å²) < 4.78 is 5.39. The number of hydrogen-bond donors (Lipinski definition) is 0. The molecule has 1 aliphatic rings. The highest BCUT2D eigenvalue weighted by Gasteiger charge is 2.14. The summed E-state index contributed by atoms with van der Waals surface area (Å²) >= 11 is 1.83. The molecule has 0 bridgehead atoms. The third-order valence-electron chi connectivity index (χ3n) is 4.53. The quantitative estimate of drug-likeness (QED) is 0.636. The van der Waals surface area contributed by atoms with Gasteiger partial charge in [-0.1, -0.05) is 5.16 Å². The number of likely N-dealkylation sites (tertiary alicyclic amines) is 1. The molecule has 1 saturated heterocycles. The Morgan fingerprint density at radius 2 is 2.15 bits per heavy atom. The fourth-order valence-electron chi connectivity index (χ4n) is 3.28. The SMILES string of the molecule is CN(Cc1nc(-c2cccnc2)no1)Cc1cc(CN2CCCC2)cs1. The number of aromatic nitrogens is 3. The summed E-state index contributed by atoms with van der Waals surface area (Å²) in [6, 6.07) is 6.13. The van der Waals surface area contributed by atoms with Gasteiger partial charge < -0.3 is 4.52 Å². The van der Waals surface area contributed by atoms with Crippen LogP contribution in [0.25, 0.3) is 11.4 Å². The van der Waals surface area contributed by atoms with Gasteiger partial charge in [0.05, 0.1) is 6.54 Å². The van der Waals surface area contributed by atoms with Gasteiger partial charge in [-0.05, 0) is 62.1 Å². The van der Waals surface area contributed by atoms with Crippen molar-refractivity contribution in [2.45, 2.75) is 32.5 Å². The van der Waals surface area contributed by atoms with Crippen molar-refractivity contribution in [2.75, 3.05) is 20.1 Å². The van der Waals surface area contributed by atoms with Crippen LogP contribution in [0, 0.1) is 0 Å². The minimum atomic E-state index is 0.588. The Hall–Kier alpha value is -2.09. The average Bonchev–Trinajstić information content (AvgIpc) is 3.39. The lowest BCUT2D eigenvalue weighted by Crippen LogP contribution is -2.18. The summed E-state index contributed by atoms with van der Waals surface area (Å²) in [4.78, 5) is 14.7. The van der Waals surface area contributed by atoms with Gasteiger partial charge in [0, 0.05) is 35.9 Å². The Labute approximate surface area is 157 Å². The van der Waals surface area contributed by atoms with Crippen LogP contribution in [0.3, 0.4) is 0 Å². The maximum absolute atomic E-state index is 5.39. The lowest BCUT2D eigenvalue weighted by Gasteiger charge is -2.13. The normalized spacial score (nSPS) is 15.2. The van der Waals surface area contributed by atoms with Crippen LogP contribution in [-0.2, 0) is 19.6 Å². The summed E-state index contributed by atoms with van der Waals surface area (Å²) in [5.74, 6) is 1.21. The largest absolute Gasteiger partial charge is 0.338 e. The van der Waals surface area contributed by atoms with E-state index in [-0.39, 0.29) is 0 Å². The number of thiophene rings is 1. The van der Waals surface area contributed by atoms with E-state index in [0.717, 1.165) is 18.7 Å². The van der Waals surface area contributed by atoms with Crippen molar-refractivity contribution in [1.82, 2.24) is 24.9 Å². The first-order valence-corrected chi connectivity index (χ1v) is 9.84. The van der Waals surface area contributed by atoms with Gasteiger partial charge in [0.15, 0.2) is 0 Å². The Morgan fingerprint density at radius 3 is 2.96 bits per heavy atom. The van der Waals surface area contributed by atoms with Crippen LogP contribution in [0.15, 0.2) is 40.5 Å². The molecule has 136 valence electrons. The molecule has 0 saturated carbocycles. The molecule has 1 aliphatic heterocycles. The van der Waals surface area contributed by atoms with E-state index in [4.69, 9.17) is 4.52 Å². The van der Waals surface area contributed by atoms with E-state index < -0.39 is 0 Å². The molecule has 0 radical (unpaired) electrons. The molecule has 4 rings (SSSR count). The van der Waals surface area contributed by atoms with Crippen molar-refractivity contribution < 1.29 is 4.52 Å². The predicted molar refractivity (Wildman–Crippen MR) is 102 cm³/mol. The van der Waals surface area contributed by atoms with Gasteiger partial charge in [-0.2, -0.15) is 4.98 Å². The summed E-state index contributed by atoms with van der Waals surface area (Å²) in [6.07, 6.45) is 6.15. The number of hydrogen-bond acceptors (Lipinski definition) is 7. The Balaban J connectivity index is 1.32. The monoisotopic (exact) mass is 369 g/mol. The van der Waals surface area contributed by atoms with Gasteiger partial charge in [-0.3, -0.25) is 14.8 Å². The van der Waals surface area contributed by atoms with Crippen molar-refractivity contribution in [3.63, 3.8) is 0 Å². The molecule has 26 heavy (non-hydrogen) atoms. The first kappa shape index (κ1) is 17.3. The molecule has 6 nitrogen and oxygen atoms in total. The summed E-state index contributed by atoms with van der Waals surface area (Å²) in [5, 5.41) is 6.34. The van der Waals surface area contributed by atoms with Gasteiger partial charge in [0.2, 0.25) is 11.7 Å². The van der Waals surface area contributed by atoms with Crippen LogP contribution >= 0.6 is 11.3 Å². The van der Waals surface area contributed by atoms with Gasteiger partial charge in [-0.25, -0.2) is 0 Å². The average molecular weight is 369 g/mol. The smallest absolute Gasteiger partial charge is 0.241 e. The van der Waals surface area contributed by atoms with Gasteiger partial charge in [-0.15, -0.1) is 11.3 Å². The molecule has 0 N–H and O–H groups in total. The second-order valence-corrected chi connectivity index (χ2v) is 7.83. The van der Waals surface area contributed by atoms with E-state index in [2.05, 4.69) is 43.4 Å². The summed E-state index contributed by atoms with van der Waals surface area (Å²) in [7, 11) is 2.08. The molecule has 0 amide bonds. The molecule has 1 fully saturated rings. The van der Waals surface area contributed by atoms with Crippen LogP contribution in [-0.4, -0.2) is 45.1 Å². The number of pyridine rings is 1. The molecule has 3 aromatic rings. The molecular formula is C19H23N5OS. The van der Waals surface area contributed by atoms with E-state index in [1.54, 1.807) is 12.4 Å². The highest BCUT2D eigenvalue weighted by Crippen LogP contribution is 2.21. The third kappa shape index (κ3) is 4.35. The number of nitrogens with zero attached hydrogens (tertiary/aromatic N) is 5. The fourth-order valence-corrected chi connectivity index (χ4v) is 4.23. The van der Waals surface area contributed by atoms with E-state index in [9.17, 15) is 0 Å².